The van der Waals surface area contributed by atoms with E-state index in [1.54, 1.807) is 13.0 Å². The summed E-state index contributed by atoms with van der Waals surface area (Å²) in [5.41, 5.74) is -0.990. The van der Waals surface area contributed by atoms with Crippen molar-refractivity contribution in [3.05, 3.63) is 53.6 Å². The number of ether oxygens (including phenoxy) is 1. The van der Waals surface area contributed by atoms with Crippen LogP contribution in [0.15, 0.2) is 42.5 Å². The van der Waals surface area contributed by atoms with Gasteiger partial charge in [-0.05, 0) is 81.1 Å². The predicted octanol–water partition coefficient (Wildman–Crippen LogP) is 4.46. The molecule has 38 heavy (non-hydrogen) atoms. The van der Waals surface area contributed by atoms with Gasteiger partial charge in [-0.15, -0.1) is 0 Å². The molecular formula is C27H30F3N3O5. The molecule has 1 atom stereocenters. The minimum atomic E-state index is -4.64. The summed E-state index contributed by atoms with van der Waals surface area (Å²) < 4.78 is 46.2. The third kappa shape index (κ3) is 5.93. The van der Waals surface area contributed by atoms with E-state index in [4.69, 9.17) is 4.74 Å². The van der Waals surface area contributed by atoms with E-state index in [0.717, 1.165) is 54.3 Å². The number of amides is 2. The summed E-state index contributed by atoms with van der Waals surface area (Å²) in [7, 11) is 0. The number of halogens is 3. The molecule has 204 valence electrons. The Morgan fingerprint density at radius 1 is 1.16 bits per heavy atom. The molecule has 0 radical (unpaired) electrons. The number of hydrogen-bond acceptors (Lipinski definition) is 5. The maximum atomic E-state index is 13.6. The Balaban J connectivity index is 1.71. The summed E-state index contributed by atoms with van der Waals surface area (Å²) in [6, 6.07) is 7.41. The van der Waals surface area contributed by atoms with Crippen molar-refractivity contribution in [1.82, 2.24) is 10.2 Å². The number of fused-ring (bicyclic) bond motifs is 1. The molecule has 2 N–H and O–H groups in total. The Labute approximate surface area is 218 Å². The molecule has 0 saturated carbocycles. The van der Waals surface area contributed by atoms with Crippen LogP contribution in [0.4, 0.5) is 24.5 Å². The van der Waals surface area contributed by atoms with Crippen molar-refractivity contribution in [2.45, 2.75) is 44.8 Å². The summed E-state index contributed by atoms with van der Waals surface area (Å²) in [4.78, 5) is 40.9. The summed E-state index contributed by atoms with van der Waals surface area (Å²) >= 11 is 0. The molecule has 0 spiro atoms. The van der Waals surface area contributed by atoms with Crippen LogP contribution in [0.25, 0.3) is 0 Å². The molecule has 2 aromatic carbocycles. The van der Waals surface area contributed by atoms with Crippen molar-refractivity contribution in [1.29, 1.82) is 0 Å². The number of benzene rings is 2. The van der Waals surface area contributed by atoms with Gasteiger partial charge < -0.3 is 20.1 Å². The van der Waals surface area contributed by atoms with Gasteiger partial charge >= 0.3 is 12.1 Å². The highest BCUT2D eigenvalue weighted by molar-refractivity contribution is 6.13. The lowest BCUT2D eigenvalue weighted by Crippen LogP contribution is -2.47. The highest BCUT2D eigenvalue weighted by Crippen LogP contribution is 2.38. The van der Waals surface area contributed by atoms with Gasteiger partial charge in [0.15, 0.2) is 0 Å². The zero-order valence-electron chi connectivity index (χ0n) is 21.0. The first kappa shape index (κ1) is 27.4. The first-order valence-electron chi connectivity index (χ1n) is 12.6. The number of piperidine rings is 1. The first-order valence-corrected chi connectivity index (χ1v) is 12.6. The topological polar surface area (TPSA) is 99.2 Å². The van der Waals surface area contributed by atoms with Crippen LogP contribution in [0.5, 0.6) is 5.75 Å². The zero-order chi connectivity index (χ0) is 27.4. The van der Waals surface area contributed by atoms with Gasteiger partial charge in [0, 0.05) is 5.69 Å². The highest BCUT2D eigenvalue weighted by atomic mass is 19.4. The highest BCUT2D eigenvalue weighted by Gasteiger charge is 2.39. The summed E-state index contributed by atoms with van der Waals surface area (Å²) in [5, 5.41) is 13.0. The fraction of sp³-hybridized carbons (Fsp3) is 0.444. The second-order valence-electron chi connectivity index (χ2n) is 9.48. The molecule has 8 nitrogen and oxygen atoms in total. The average Bonchev–Trinajstić information content (AvgIpc) is 2.99. The van der Waals surface area contributed by atoms with Crippen LogP contribution in [-0.4, -0.2) is 60.1 Å². The summed E-state index contributed by atoms with van der Waals surface area (Å²) in [6.07, 6.45) is -1.69. The molecule has 11 heteroatoms. The third-order valence-electron chi connectivity index (χ3n) is 6.99. The molecule has 0 aliphatic carbocycles. The minimum Gasteiger partial charge on any atom is -0.494 e. The number of carboxylic acid groups (broad SMARTS) is 1. The molecule has 4 rings (SSSR count). The molecule has 2 heterocycles. The number of carbonyl (C=O) groups is 3. The van der Waals surface area contributed by atoms with Crippen LogP contribution >= 0.6 is 0 Å². The lowest BCUT2D eigenvalue weighted by Gasteiger charge is -2.26. The normalized spacial score (nSPS) is 17.7. The molecule has 2 aromatic rings. The van der Waals surface area contributed by atoms with E-state index in [9.17, 15) is 32.7 Å². The first-order chi connectivity index (χ1) is 18.1. The van der Waals surface area contributed by atoms with Crippen molar-refractivity contribution in [2.75, 3.05) is 31.1 Å². The van der Waals surface area contributed by atoms with Gasteiger partial charge in [0.2, 0.25) is 0 Å². The largest absolute Gasteiger partial charge is 0.494 e. The summed E-state index contributed by atoms with van der Waals surface area (Å²) in [5.74, 6) is -1.84. The van der Waals surface area contributed by atoms with Gasteiger partial charge in [0.05, 0.1) is 23.4 Å². The number of hydrogen-bond donors (Lipinski definition) is 2. The number of carbonyl (C=O) groups excluding carboxylic acids is 2. The summed E-state index contributed by atoms with van der Waals surface area (Å²) in [6.45, 7) is 3.28. The zero-order valence-corrected chi connectivity index (χ0v) is 21.0. The average molecular weight is 534 g/mol. The Kier molecular flexibility index (Phi) is 8.25. The van der Waals surface area contributed by atoms with E-state index in [0.29, 0.717) is 18.3 Å². The van der Waals surface area contributed by atoms with Gasteiger partial charge in [-0.3, -0.25) is 14.5 Å². The lowest BCUT2D eigenvalue weighted by molar-refractivity contribution is -0.143. The molecular weight excluding hydrogens is 503 g/mol. The second kappa shape index (κ2) is 11.4. The van der Waals surface area contributed by atoms with Crippen molar-refractivity contribution >= 4 is 29.2 Å². The SMILES string of the molecule is CCC(C(=O)O)N1CC(=O)N(c2cccc(C(F)(F)F)c2)c2ccc(OCCC3CCNCC3)cc2C1=O. The quantitative estimate of drug-likeness (QED) is 0.520. The standard InChI is InChI=1S/C27H30F3N3O5/c1-2-22(26(36)37)32-16-24(34)33(19-5-3-4-18(14-19)27(28,29)30)23-7-6-20(15-21(23)25(32)35)38-13-10-17-8-11-31-12-9-17/h3-7,14-15,17,22,31H,2,8-13,16H2,1H3,(H,36,37). The van der Waals surface area contributed by atoms with Crippen molar-refractivity contribution in [2.24, 2.45) is 5.92 Å². The molecule has 2 aliphatic heterocycles. The number of nitrogens with zero attached hydrogens (tertiary/aromatic N) is 2. The minimum absolute atomic E-state index is 0.0210. The fourth-order valence-electron chi connectivity index (χ4n) is 4.95. The molecule has 1 saturated heterocycles. The van der Waals surface area contributed by atoms with E-state index in [1.807, 2.05) is 0 Å². The van der Waals surface area contributed by atoms with Crippen LogP contribution in [0.1, 0.15) is 48.5 Å². The van der Waals surface area contributed by atoms with E-state index in [-0.39, 0.29) is 23.4 Å². The number of rotatable bonds is 8. The Hall–Kier alpha value is -3.60. The molecule has 0 bridgehead atoms. The van der Waals surface area contributed by atoms with Crippen LogP contribution < -0.4 is 15.0 Å². The number of alkyl halides is 3. The van der Waals surface area contributed by atoms with Crippen molar-refractivity contribution < 1.29 is 37.4 Å². The lowest BCUT2D eigenvalue weighted by atomic mass is 9.95. The molecule has 2 aliphatic rings. The van der Waals surface area contributed by atoms with Gasteiger partial charge in [0.1, 0.15) is 18.3 Å². The monoisotopic (exact) mass is 533 g/mol. The van der Waals surface area contributed by atoms with Crippen LogP contribution in [0.2, 0.25) is 0 Å². The Morgan fingerprint density at radius 2 is 1.89 bits per heavy atom. The van der Waals surface area contributed by atoms with E-state index >= 15 is 0 Å². The maximum Gasteiger partial charge on any atom is 0.416 e. The number of aliphatic carboxylic acids is 1. The Bertz CT molecular complexity index is 1200. The van der Waals surface area contributed by atoms with E-state index < -0.39 is 42.1 Å². The second-order valence-corrected chi connectivity index (χ2v) is 9.48. The molecule has 1 unspecified atom stereocenters. The van der Waals surface area contributed by atoms with E-state index in [2.05, 4.69) is 5.32 Å². The van der Waals surface area contributed by atoms with Gasteiger partial charge in [-0.2, -0.15) is 13.2 Å². The molecule has 2 amide bonds. The third-order valence-corrected chi connectivity index (χ3v) is 6.99. The van der Waals surface area contributed by atoms with Crippen molar-refractivity contribution in [3.8, 4) is 5.75 Å². The van der Waals surface area contributed by atoms with Gasteiger partial charge in [-0.1, -0.05) is 13.0 Å². The Morgan fingerprint density at radius 3 is 2.55 bits per heavy atom. The molecule has 0 aromatic heterocycles. The van der Waals surface area contributed by atoms with Crippen LogP contribution in [0.3, 0.4) is 0 Å². The smallest absolute Gasteiger partial charge is 0.416 e. The van der Waals surface area contributed by atoms with E-state index in [1.165, 1.54) is 24.3 Å². The number of carboxylic acids is 1. The molecule has 1 fully saturated rings. The maximum absolute atomic E-state index is 13.6. The van der Waals surface area contributed by atoms with Gasteiger partial charge in [0.25, 0.3) is 11.8 Å². The van der Waals surface area contributed by atoms with Crippen LogP contribution in [-0.2, 0) is 15.8 Å². The predicted molar refractivity (Wildman–Crippen MR) is 133 cm³/mol. The fourth-order valence-corrected chi connectivity index (χ4v) is 4.95. The number of nitrogens with one attached hydrogen (secondary N) is 1. The van der Waals surface area contributed by atoms with Crippen LogP contribution in [0, 0.1) is 5.92 Å². The van der Waals surface area contributed by atoms with Gasteiger partial charge in [-0.25, -0.2) is 4.79 Å². The van der Waals surface area contributed by atoms with Crippen molar-refractivity contribution in [3.63, 3.8) is 0 Å². The number of anilines is 2.